The third-order valence-electron chi connectivity index (χ3n) is 5.34. The van der Waals surface area contributed by atoms with Gasteiger partial charge in [0.1, 0.15) is 5.69 Å². The summed E-state index contributed by atoms with van der Waals surface area (Å²) in [5.41, 5.74) is 3.78. The Hall–Kier alpha value is -2.58. The SMILES string of the molecule is Cl.Cl.Cl.Oc1nc(N2CCN(Cc3ccccc3)CC2)[nH]c1C=C1C=Nc2ncccc21. The number of aromatic amines is 1. The molecule has 0 saturated carbocycles. The molecule has 4 heterocycles. The molecule has 0 spiro atoms. The number of anilines is 1. The van der Waals surface area contributed by atoms with Gasteiger partial charge >= 0.3 is 0 Å². The highest BCUT2D eigenvalue weighted by Gasteiger charge is 2.21. The van der Waals surface area contributed by atoms with Crippen LogP contribution in [0.1, 0.15) is 16.8 Å². The van der Waals surface area contributed by atoms with Crippen molar-refractivity contribution in [2.45, 2.75) is 6.54 Å². The van der Waals surface area contributed by atoms with Crippen LogP contribution in [0.15, 0.2) is 53.7 Å². The first-order valence-corrected chi connectivity index (χ1v) is 9.77. The molecule has 0 amide bonds. The van der Waals surface area contributed by atoms with Gasteiger partial charge in [-0.25, -0.2) is 9.98 Å². The minimum atomic E-state index is 0. The van der Waals surface area contributed by atoms with Gasteiger partial charge in [-0.15, -0.1) is 37.2 Å². The van der Waals surface area contributed by atoms with Gasteiger partial charge in [0.25, 0.3) is 0 Å². The fourth-order valence-electron chi connectivity index (χ4n) is 3.77. The number of imidazole rings is 1. The Morgan fingerprint density at radius 3 is 2.47 bits per heavy atom. The number of aromatic nitrogens is 3. The van der Waals surface area contributed by atoms with Crippen LogP contribution in [0.3, 0.4) is 0 Å². The molecule has 2 aliphatic heterocycles. The molecule has 0 bridgehead atoms. The highest BCUT2D eigenvalue weighted by atomic mass is 35.5. The number of piperazine rings is 1. The lowest BCUT2D eigenvalue weighted by molar-refractivity contribution is 0.249. The lowest BCUT2D eigenvalue weighted by atomic mass is 10.1. The summed E-state index contributed by atoms with van der Waals surface area (Å²) >= 11 is 0. The maximum Gasteiger partial charge on any atom is 0.238 e. The summed E-state index contributed by atoms with van der Waals surface area (Å²) in [6, 6.07) is 14.4. The largest absolute Gasteiger partial charge is 0.492 e. The van der Waals surface area contributed by atoms with Crippen molar-refractivity contribution in [1.82, 2.24) is 19.9 Å². The molecule has 1 aromatic carbocycles. The van der Waals surface area contributed by atoms with E-state index >= 15 is 0 Å². The molecule has 10 heteroatoms. The van der Waals surface area contributed by atoms with E-state index in [1.807, 2.05) is 24.3 Å². The zero-order valence-corrected chi connectivity index (χ0v) is 19.7. The molecular weight excluding hydrogens is 471 g/mol. The van der Waals surface area contributed by atoms with Crippen LogP contribution >= 0.6 is 37.2 Å². The fourth-order valence-corrected chi connectivity index (χ4v) is 3.77. The Labute approximate surface area is 205 Å². The topological polar surface area (TPSA) is 80.6 Å². The summed E-state index contributed by atoms with van der Waals surface area (Å²) in [7, 11) is 0. The van der Waals surface area contributed by atoms with Crippen LogP contribution in [-0.4, -0.2) is 57.4 Å². The van der Waals surface area contributed by atoms with Crippen molar-refractivity contribution in [3.05, 3.63) is 65.5 Å². The summed E-state index contributed by atoms with van der Waals surface area (Å²) < 4.78 is 0. The van der Waals surface area contributed by atoms with Crippen molar-refractivity contribution >= 4 is 66.9 Å². The minimum Gasteiger partial charge on any atom is -0.492 e. The fraction of sp³-hybridized carbons (Fsp3) is 0.227. The molecule has 2 aromatic heterocycles. The van der Waals surface area contributed by atoms with Gasteiger partial charge in [-0.1, -0.05) is 30.3 Å². The van der Waals surface area contributed by atoms with Gasteiger partial charge in [0, 0.05) is 56.3 Å². The quantitative estimate of drug-likeness (QED) is 0.562. The number of fused-ring (bicyclic) bond motifs is 1. The summed E-state index contributed by atoms with van der Waals surface area (Å²) in [5.74, 6) is 1.41. The van der Waals surface area contributed by atoms with Crippen LogP contribution in [0.4, 0.5) is 11.8 Å². The van der Waals surface area contributed by atoms with Crippen molar-refractivity contribution in [3.8, 4) is 5.88 Å². The molecule has 5 rings (SSSR count). The van der Waals surface area contributed by atoms with Crippen molar-refractivity contribution in [1.29, 1.82) is 0 Å². The van der Waals surface area contributed by atoms with E-state index in [2.05, 4.69) is 54.0 Å². The Morgan fingerprint density at radius 2 is 1.72 bits per heavy atom. The molecule has 1 saturated heterocycles. The Bertz CT molecular complexity index is 1080. The third-order valence-corrected chi connectivity index (χ3v) is 5.34. The molecule has 0 unspecified atom stereocenters. The first kappa shape index (κ1) is 25.7. The maximum absolute atomic E-state index is 10.3. The van der Waals surface area contributed by atoms with Gasteiger partial charge in [0.2, 0.25) is 11.8 Å². The van der Waals surface area contributed by atoms with Gasteiger partial charge in [-0.2, -0.15) is 4.98 Å². The van der Waals surface area contributed by atoms with Crippen molar-refractivity contribution in [2.24, 2.45) is 4.99 Å². The smallest absolute Gasteiger partial charge is 0.238 e. The number of hydrogen-bond acceptors (Lipinski definition) is 6. The van der Waals surface area contributed by atoms with E-state index in [0.717, 1.165) is 43.9 Å². The second-order valence-corrected chi connectivity index (χ2v) is 7.28. The second kappa shape index (κ2) is 11.3. The number of halogens is 3. The number of benzene rings is 1. The van der Waals surface area contributed by atoms with E-state index in [0.29, 0.717) is 17.5 Å². The van der Waals surface area contributed by atoms with E-state index in [9.17, 15) is 5.11 Å². The number of rotatable bonds is 4. The highest BCUT2D eigenvalue weighted by Crippen LogP contribution is 2.32. The van der Waals surface area contributed by atoms with Gasteiger partial charge < -0.3 is 15.0 Å². The van der Waals surface area contributed by atoms with Crippen LogP contribution in [0.2, 0.25) is 0 Å². The first-order chi connectivity index (χ1) is 14.3. The number of aromatic hydroxyl groups is 1. The molecule has 0 atom stereocenters. The van der Waals surface area contributed by atoms with Crippen LogP contribution < -0.4 is 4.90 Å². The number of hydrogen-bond donors (Lipinski definition) is 2. The van der Waals surface area contributed by atoms with E-state index in [-0.39, 0.29) is 43.1 Å². The zero-order valence-electron chi connectivity index (χ0n) is 17.2. The highest BCUT2D eigenvalue weighted by molar-refractivity contribution is 6.20. The first-order valence-electron chi connectivity index (χ1n) is 9.77. The van der Waals surface area contributed by atoms with Gasteiger partial charge in [-0.3, -0.25) is 4.90 Å². The van der Waals surface area contributed by atoms with Gasteiger partial charge in [-0.05, 0) is 23.8 Å². The Kier molecular flexibility index (Phi) is 9.09. The normalized spacial score (nSPS) is 16.1. The Balaban J connectivity index is 0.00000121. The van der Waals surface area contributed by atoms with Crippen LogP contribution in [0, 0.1) is 0 Å². The second-order valence-electron chi connectivity index (χ2n) is 7.28. The average Bonchev–Trinajstić information content (AvgIpc) is 3.33. The molecule has 0 aliphatic carbocycles. The third kappa shape index (κ3) is 5.42. The van der Waals surface area contributed by atoms with E-state index in [1.165, 1.54) is 5.56 Å². The van der Waals surface area contributed by atoms with Crippen LogP contribution in [0.5, 0.6) is 5.88 Å². The Morgan fingerprint density at radius 1 is 0.969 bits per heavy atom. The molecule has 170 valence electrons. The predicted octanol–water partition coefficient (Wildman–Crippen LogP) is 4.35. The standard InChI is InChI=1S/C22H22N6O.3ClH/c29-21-19(13-17-14-24-20-18(17)7-4-8-23-20)25-22(26-21)28-11-9-27(10-12-28)15-16-5-2-1-3-6-16;;;/h1-8,13-14,29H,9-12,15H2,(H,25,26);3*1H. The van der Waals surface area contributed by atoms with Gasteiger partial charge in [0.15, 0.2) is 5.82 Å². The number of nitrogens with one attached hydrogen (secondary N) is 1. The molecule has 2 N–H and O–H groups in total. The minimum absolute atomic E-state index is 0. The number of pyridine rings is 1. The maximum atomic E-state index is 10.3. The molecule has 0 radical (unpaired) electrons. The number of allylic oxidation sites excluding steroid dienone is 1. The molecule has 7 nitrogen and oxygen atoms in total. The molecular formula is C22H25Cl3N6O. The number of aliphatic imine (C=N–C) groups is 1. The van der Waals surface area contributed by atoms with Gasteiger partial charge in [0.05, 0.1) is 0 Å². The summed E-state index contributed by atoms with van der Waals surface area (Å²) in [6.45, 7) is 4.60. The van der Waals surface area contributed by atoms with Crippen LogP contribution in [0.25, 0.3) is 11.6 Å². The summed E-state index contributed by atoms with van der Waals surface area (Å²) in [6.07, 6.45) is 5.36. The monoisotopic (exact) mass is 494 g/mol. The molecule has 3 aromatic rings. The van der Waals surface area contributed by atoms with E-state index in [1.54, 1.807) is 12.4 Å². The van der Waals surface area contributed by atoms with E-state index in [4.69, 9.17) is 0 Å². The average molecular weight is 496 g/mol. The predicted molar refractivity (Wildman–Crippen MR) is 136 cm³/mol. The molecule has 2 aliphatic rings. The zero-order chi connectivity index (χ0) is 19.6. The lowest BCUT2D eigenvalue weighted by Gasteiger charge is -2.34. The number of H-pyrrole nitrogens is 1. The van der Waals surface area contributed by atoms with Crippen molar-refractivity contribution in [3.63, 3.8) is 0 Å². The number of nitrogens with zero attached hydrogens (tertiary/aromatic N) is 5. The lowest BCUT2D eigenvalue weighted by Crippen LogP contribution is -2.46. The van der Waals surface area contributed by atoms with E-state index < -0.39 is 0 Å². The summed E-state index contributed by atoms with van der Waals surface area (Å²) in [4.78, 5) is 20.8. The summed E-state index contributed by atoms with van der Waals surface area (Å²) in [5, 5.41) is 10.3. The van der Waals surface area contributed by atoms with Crippen molar-refractivity contribution < 1.29 is 5.11 Å². The molecule has 32 heavy (non-hydrogen) atoms. The van der Waals surface area contributed by atoms with Crippen LogP contribution in [-0.2, 0) is 6.54 Å². The molecule has 1 fully saturated rings. The van der Waals surface area contributed by atoms with Crippen molar-refractivity contribution in [2.75, 3.05) is 31.1 Å².